The Kier molecular flexibility index (Phi) is 4.22. The van der Waals surface area contributed by atoms with E-state index in [1.807, 2.05) is 0 Å². The topological polar surface area (TPSA) is 37.8 Å². The van der Waals surface area contributed by atoms with Crippen LogP contribution >= 0.6 is 0 Å². The molecule has 2 rings (SSSR count). The van der Waals surface area contributed by atoms with E-state index in [0.29, 0.717) is 11.4 Å². The number of hydrogen-bond donors (Lipinski definition) is 1. The lowest BCUT2D eigenvalue weighted by atomic mass is 10.0. The maximum absolute atomic E-state index is 13.3. The number of nitrogens with one attached hydrogen (secondary N) is 1. The summed E-state index contributed by atoms with van der Waals surface area (Å²) in [5, 5.41) is 2.86. The number of alkyl halides is 3. The molecule has 0 saturated carbocycles. The van der Waals surface area contributed by atoms with E-state index in [-0.39, 0.29) is 5.56 Å². The Balaban J connectivity index is 2.46. The molecule has 0 saturated heterocycles. The Morgan fingerprint density at radius 3 is 2.38 bits per heavy atom. The standard InChI is InChI=1S/C14H13F4N3/c1-8-6-21-12(7-20-8)13(19-2)9-3-4-11(15)10(5-9)14(16,17)18/h3-7,13,19H,1-2H3. The smallest absolute Gasteiger partial charge is 0.308 e. The van der Waals surface area contributed by atoms with Gasteiger partial charge in [-0.2, -0.15) is 13.2 Å². The van der Waals surface area contributed by atoms with Crippen LogP contribution in [0.4, 0.5) is 17.6 Å². The van der Waals surface area contributed by atoms with Crippen molar-refractivity contribution in [2.45, 2.75) is 19.1 Å². The van der Waals surface area contributed by atoms with Gasteiger partial charge in [0.2, 0.25) is 0 Å². The van der Waals surface area contributed by atoms with Crippen LogP contribution in [0.5, 0.6) is 0 Å². The zero-order valence-electron chi connectivity index (χ0n) is 11.4. The predicted molar refractivity (Wildman–Crippen MR) is 69.1 cm³/mol. The van der Waals surface area contributed by atoms with Crippen molar-refractivity contribution in [2.75, 3.05) is 7.05 Å². The molecule has 1 aromatic heterocycles. The molecule has 0 radical (unpaired) electrons. The number of aryl methyl sites for hydroxylation is 1. The Bertz CT molecular complexity index is 623. The van der Waals surface area contributed by atoms with Crippen molar-refractivity contribution in [3.63, 3.8) is 0 Å². The summed E-state index contributed by atoms with van der Waals surface area (Å²) in [7, 11) is 1.59. The van der Waals surface area contributed by atoms with E-state index in [4.69, 9.17) is 0 Å². The van der Waals surface area contributed by atoms with Gasteiger partial charge in [-0.25, -0.2) is 4.39 Å². The van der Waals surface area contributed by atoms with E-state index in [9.17, 15) is 17.6 Å². The third kappa shape index (κ3) is 3.36. The number of benzene rings is 1. The van der Waals surface area contributed by atoms with Gasteiger partial charge in [0, 0.05) is 6.20 Å². The van der Waals surface area contributed by atoms with Gasteiger partial charge in [-0.3, -0.25) is 9.97 Å². The highest BCUT2D eigenvalue weighted by Gasteiger charge is 2.34. The van der Waals surface area contributed by atoms with Crippen molar-refractivity contribution in [3.8, 4) is 0 Å². The van der Waals surface area contributed by atoms with Gasteiger partial charge in [-0.1, -0.05) is 6.07 Å². The summed E-state index contributed by atoms with van der Waals surface area (Å²) in [6.07, 6.45) is -1.74. The number of halogens is 4. The second-order valence-corrected chi connectivity index (χ2v) is 4.54. The molecule has 0 aliphatic rings. The lowest BCUT2D eigenvalue weighted by Gasteiger charge is -2.18. The Morgan fingerprint density at radius 2 is 1.86 bits per heavy atom. The molecule has 3 nitrogen and oxygen atoms in total. The maximum Gasteiger partial charge on any atom is 0.419 e. The Morgan fingerprint density at radius 1 is 1.14 bits per heavy atom. The van der Waals surface area contributed by atoms with E-state index in [1.54, 1.807) is 14.0 Å². The predicted octanol–water partition coefficient (Wildman–Crippen LogP) is 3.25. The zero-order valence-corrected chi connectivity index (χ0v) is 11.4. The molecule has 1 N–H and O–H groups in total. The fraction of sp³-hybridized carbons (Fsp3) is 0.286. The lowest BCUT2D eigenvalue weighted by Crippen LogP contribution is -2.20. The average molecular weight is 299 g/mol. The minimum atomic E-state index is -4.74. The van der Waals surface area contributed by atoms with E-state index in [0.717, 1.165) is 12.1 Å². The molecule has 0 bridgehead atoms. The first kappa shape index (κ1) is 15.4. The van der Waals surface area contributed by atoms with E-state index >= 15 is 0 Å². The van der Waals surface area contributed by atoms with Crippen molar-refractivity contribution in [3.05, 3.63) is 58.9 Å². The molecule has 1 unspecified atom stereocenters. The van der Waals surface area contributed by atoms with Gasteiger partial charge in [-0.05, 0) is 31.7 Å². The van der Waals surface area contributed by atoms with Crippen LogP contribution in [0, 0.1) is 12.7 Å². The van der Waals surface area contributed by atoms with E-state index in [2.05, 4.69) is 15.3 Å². The summed E-state index contributed by atoms with van der Waals surface area (Å²) in [6, 6.07) is 2.30. The summed E-state index contributed by atoms with van der Waals surface area (Å²) >= 11 is 0. The van der Waals surface area contributed by atoms with Crippen molar-refractivity contribution in [1.82, 2.24) is 15.3 Å². The monoisotopic (exact) mass is 299 g/mol. The molecule has 1 atom stereocenters. The summed E-state index contributed by atoms with van der Waals surface area (Å²) in [5.41, 5.74) is 0.135. The summed E-state index contributed by atoms with van der Waals surface area (Å²) in [4.78, 5) is 8.20. The number of nitrogens with zero attached hydrogens (tertiary/aromatic N) is 2. The Hall–Kier alpha value is -2.02. The average Bonchev–Trinajstić information content (AvgIpc) is 2.42. The van der Waals surface area contributed by atoms with Crippen LogP contribution in [0.2, 0.25) is 0 Å². The van der Waals surface area contributed by atoms with Crippen LogP contribution in [-0.2, 0) is 6.18 Å². The fourth-order valence-electron chi connectivity index (χ4n) is 1.98. The molecular weight excluding hydrogens is 286 g/mol. The minimum absolute atomic E-state index is 0.268. The van der Waals surface area contributed by atoms with Crippen molar-refractivity contribution in [2.24, 2.45) is 0 Å². The van der Waals surface area contributed by atoms with Crippen LogP contribution in [0.1, 0.15) is 28.6 Å². The second kappa shape index (κ2) is 5.77. The van der Waals surface area contributed by atoms with Gasteiger partial charge in [0.25, 0.3) is 0 Å². The van der Waals surface area contributed by atoms with Crippen LogP contribution < -0.4 is 5.32 Å². The lowest BCUT2D eigenvalue weighted by molar-refractivity contribution is -0.140. The number of rotatable bonds is 3. The fourth-order valence-corrected chi connectivity index (χ4v) is 1.98. The molecule has 0 amide bonds. The highest BCUT2D eigenvalue weighted by Crippen LogP contribution is 2.33. The first-order valence-corrected chi connectivity index (χ1v) is 6.15. The maximum atomic E-state index is 13.3. The van der Waals surface area contributed by atoms with Crippen molar-refractivity contribution < 1.29 is 17.6 Å². The summed E-state index contributed by atoms with van der Waals surface area (Å²) in [6.45, 7) is 1.75. The largest absolute Gasteiger partial charge is 0.419 e. The van der Waals surface area contributed by atoms with Crippen LogP contribution in [0.3, 0.4) is 0 Å². The molecule has 21 heavy (non-hydrogen) atoms. The first-order chi connectivity index (χ1) is 9.82. The van der Waals surface area contributed by atoms with Crippen molar-refractivity contribution >= 4 is 0 Å². The summed E-state index contributed by atoms with van der Waals surface area (Å²) in [5.74, 6) is -1.30. The Labute approximate surface area is 119 Å². The van der Waals surface area contributed by atoms with E-state index in [1.165, 1.54) is 18.5 Å². The van der Waals surface area contributed by atoms with Crippen LogP contribution in [0.25, 0.3) is 0 Å². The molecule has 0 spiro atoms. The van der Waals surface area contributed by atoms with E-state index < -0.39 is 23.6 Å². The number of aromatic nitrogens is 2. The third-order valence-corrected chi connectivity index (χ3v) is 3.01. The first-order valence-electron chi connectivity index (χ1n) is 6.15. The molecule has 112 valence electrons. The number of hydrogen-bond acceptors (Lipinski definition) is 3. The normalized spacial score (nSPS) is 13.2. The van der Waals surface area contributed by atoms with Crippen LogP contribution in [-0.4, -0.2) is 17.0 Å². The quantitative estimate of drug-likeness (QED) is 0.884. The molecule has 0 aliphatic heterocycles. The molecular formula is C14H13F4N3. The van der Waals surface area contributed by atoms with Gasteiger partial charge in [0.05, 0.1) is 29.2 Å². The van der Waals surface area contributed by atoms with Gasteiger partial charge in [0.15, 0.2) is 0 Å². The molecule has 1 aromatic carbocycles. The highest BCUT2D eigenvalue weighted by molar-refractivity contribution is 5.33. The second-order valence-electron chi connectivity index (χ2n) is 4.54. The van der Waals surface area contributed by atoms with Gasteiger partial charge < -0.3 is 5.32 Å². The third-order valence-electron chi connectivity index (χ3n) is 3.01. The zero-order chi connectivity index (χ0) is 15.6. The molecule has 7 heteroatoms. The molecule has 2 aromatic rings. The van der Waals surface area contributed by atoms with Gasteiger partial charge in [-0.15, -0.1) is 0 Å². The van der Waals surface area contributed by atoms with Crippen LogP contribution in [0.15, 0.2) is 30.6 Å². The van der Waals surface area contributed by atoms with Gasteiger partial charge >= 0.3 is 6.18 Å². The highest BCUT2D eigenvalue weighted by atomic mass is 19.4. The summed E-state index contributed by atoms with van der Waals surface area (Å²) < 4.78 is 51.6. The van der Waals surface area contributed by atoms with Crippen molar-refractivity contribution in [1.29, 1.82) is 0 Å². The molecule has 0 fully saturated rings. The molecule has 0 aliphatic carbocycles. The minimum Gasteiger partial charge on any atom is -0.308 e. The SMILES string of the molecule is CNC(c1ccc(F)c(C(F)(F)F)c1)c1cnc(C)cn1. The molecule has 1 heterocycles. The van der Waals surface area contributed by atoms with Gasteiger partial charge in [0.1, 0.15) is 5.82 Å².